The predicted octanol–water partition coefficient (Wildman–Crippen LogP) is 3.73. The van der Waals surface area contributed by atoms with E-state index in [0.29, 0.717) is 0 Å². The minimum absolute atomic E-state index is 0.115. The molecule has 1 aromatic carbocycles. The highest BCUT2D eigenvalue weighted by atomic mass is 35.5. The molecule has 1 aromatic heterocycles. The van der Waals surface area contributed by atoms with Gasteiger partial charge in [0.2, 0.25) is 5.82 Å². The van der Waals surface area contributed by atoms with Gasteiger partial charge in [-0.3, -0.25) is 10.1 Å². The summed E-state index contributed by atoms with van der Waals surface area (Å²) in [4.78, 5) is 14.2. The number of hydrogen-bond acceptors (Lipinski definition) is 4. The zero-order chi connectivity index (χ0) is 13.7. The number of nitrogens with one attached hydrogen (secondary N) is 1. The van der Waals surface area contributed by atoms with Gasteiger partial charge in [0, 0.05) is 12.3 Å². The van der Waals surface area contributed by atoms with Crippen LogP contribution in [-0.4, -0.2) is 9.91 Å². The summed E-state index contributed by atoms with van der Waals surface area (Å²) >= 11 is 5.72. The second-order valence-electron chi connectivity index (χ2n) is 3.65. The lowest BCUT2D eigenvalue weighted by atomic mass is 10.2. The highest BCUT2D eigenvalue weighted by molar-refractivity contribution is 6.29. The fraction of sp³-hybridized carbons (Fsp3) is 0. The number of benzene rings is 1. The predicted molar refractivity (Wildman–Crippen MR) is 75.0 cm³/mol. The van der Waals surface area contributed by atoms with Gasteiger partial charge in [0.05, 0.1) is 4.92 Å². The van der Waals surface area contributed by atoms with Crippen LogP contribution < -0.4 is 5.32 Å². The van der Waals surface area contributed by atoms with Crippen molar-refractivity contribution in [2.45, 2.75) is 0 Å². The summed E-state index contributed by atoms with van der Waals surface area (Å²) < 4.78 is 0. The third-order valence-corrected chi connectivity index (χ3v) is 2.54. The lowest BCUT2D eigenvalue weighted by Gasteiger charge is -2.01. The number of halogens is 1. The van der Waals surface area contributed by atoms with E-state index in [9.17, 15) is 10.1 Å². The molecular formula is C13H10ClN3O2. The third-order valence-electron chi connectivity index (χ3n) is 2.33. The van der Waals surface area contributed by atoms with Gasteiger partial charge in [-0.2, -0.15) is 0 Å². The van der Waals surface area contributed by atoms with Gasteiger partial charge in [-0.05, 0) is 17.7 Å². The van der Waals surface area contributed by atoms with E-state index in [1.54, 1.807) is 12.3 Å². The topological polar surface area (TPSA) is 68.1 Å². The van der Waals surface area contributed by atoms with Crippen LogP contribution in [0.1, 0.15) is 5.56 Å². The van der Waals surface area contributed by atoms with Crippen molar-refractivity contribution in [3.05, 3.63) is 69.5 Å². The highest BCUT2D eigenvalue weighted by Gasteiger charge is 2.14. The minimum Gasteiger partial charge on any atom is -0.341 e. The summed E-state index contributed by atoms with van der Waals surface area (Å²) in [6.45, 7) is 0. The lowest BCUT2D eigenvalue weighted by molar-refractivity contribution is -0.384. The van der Waals surface area contributed by atoms with E-state index in [1.807, 2.05) is 30.3 Å². The Labute approximate surface area is 114 Å². The van der Waals surface area contributed by atoms with Crippen LogP contribution in [0.25, 0.3) is 6.08 Å². The Morgan fingerprint density at radius 2 is 1.95 bits per heavy atom. The molecule has 2 rings (SSSR count). The molecule has 2 aromatic rings. The average Bonchev–Trinajstić information content (AvgIpc) is 2.39. The third kappa shape index (κ3) is 3.53. The van der Waals surface area contributed by atoms with Crippen molar-refractivity contribution in [3.63, 3.8) is 0 Å². The van der Waals surface area contributed by atoms with E-state index < -0.39 is 4.92 Å². The number of pyridine rings is 1. The molecule has 0 saturated carbocycles. The summed E-state index contributed by atoms with van der Waals surface area (Å²) in [6, 6.07) is 12.2. The highest BCUT2D eigenvalue weighted by Crippen LogP contribution is 2.23. The maximum atomic E-state index is 10.8. The first kappa shape index (κ1) is 13.0. The number of anilines is 1. The van der Waals surface area contributed by atoms with Crippen molar-refractivity contribution >= 4 is 29.2 Å². The fourth-order valence-electron chi connectivity index (χ4n) is 1.46. The maximum Gasteiger partial charge on any atom is 0.311 e. The molecule has 1 heterocycles. The van der Waals surface area contributed by atoms with Gasteiger partial charge in [0.25, 0.3) is 0 Å². The summed E-state index contributed by atoms with van der Waals surface area (Å²) in [7, 11) is 0. The largest absolute Gasteiger partial charge is 0.341 e. The Hall–Kier alpha value is -2.40. The first-order valence-electron chi connectivity index (χ1n) is 5.46. The van der Waals surface area contributed by atoms with Gasteiger partial charge in [-0.1, -0.05) is 41.9 Å². The second-order valence-corrected chi connectivity index (χ2v) is 4.03. The lowest BCUT2D eigenvalue weighted by Crippen LogP contribution is -1.98. The van der Waals surface area contributed by atoms with E-state index in [1.165, 1.54) is 12.1 Å². The van der Waals surface area contributed by atoms with Crippen LogP contribution in [0.15, 0.2) is 48.7 Å². The number of rotatable bonds is 4. The van der Waals surface area contributed by atoms with E-state index in [0.717, 1.165) is 5.56 Å². The number of hydrogen-bond donors (Lipinski definition) is 1. The molecule has 0 saturated heterocycles. The summed E-state index contributed by atoms with van der Waals surface area (Å²) in [5.41, 5.74) is 0.849. The minimum atomic E-state index is -0.512. The van der Waals surface area contributed by atoms with E-state index in [-0.39, 0.29) is 16.7 Å². The molecule has 0 bridgehead atoms. The molecule has 0 atom stereocenters. The van der Waals surface area contributed by atoms with Crippen LogP contribution in [0.5, 0.6) is 0 Å². The van der Waals surface area contributed by atoms with E-state index in [2.05, 4.69) is 10.3 Å². The first-order valence-corrected chi connectivity index (χ1v) is 5.83. The zero-order valence-electron chi connectivity index (χ0n) is 9.79. The van der Waals surface area contributed by atoms with Gasteiger partial charge in [0.15, 0.2) is 0 Å². The Kier molecular flexibility index (Phi) is 4.10. The molecule has 19 heavy (non-hydrogen) atoms. The normalized spacial score (nSPS) is 10.6. The van der Waals surface area contributed by atoms with Gasteiger partial charge < -0.3 is 5.32 Å². The number of nitrogens with zero attached hydrogens (tertiary/aromatic N) is 2. The number of nitro groups is 1. The molecule has 96 valence electrons. The molecule has 0 unspecified atom stereocenters. The molecule has 0 aliphatic carbocycles. The van der Waals surface area contributed by atoms with Gasteiger partial charge in [-0.25, -0.2) is 4.98 Å². The van der Waals surface area contributed by atoms with Gasteiger partial charge in [-0.15, -0.1) is 0 Å². The number of aromatic nitrogens is 1. The SMILES string of the molecule is O=[N+]([O-])c1ccc(Cl)nc1NC=Cc1ccccc1. The summed E-state index contributed by atoms with van der Waals surface area (Å²) in [5, 5.41) is 13.8. The van der Waals surface area contributed by atoms with Gasteiger partial charge in [0.1, 0.15) is 5.15 Å². The molecule has 0 fully saturated rings. The Morgan fingerprint density at radius 3 is 2.63 bits per heavy atom. The average molecular weight is 276 g/mol. The second kappa shape index (κ2) is 5.97. The van der Waals surface area contributed by atoms with Crippen molar-refractivity contribution in [1.29, 1.82) is 0 Å². The Bertz CT molecular complexity index is 615. The van der Waals surface area contributed by atoms with Crippen LogP contribution in [0.3, 0.4) is 0 Å². The molecule has 0 aliphatic heterocycles. The molecule has 0 spiro atoms. The molecule has 6 heteroatoms. The van der Waals surface area contributed by atoms with Crippen molar-refractivity contribution < 1.29 is 4.92 Å². The molecule has 5 nitrogen and oxygen atoms in total. The zero-order valence-corrected chi connectivity index (χ0v) is 10.5. The standard InChI is InChI=1S/C13H10ClN3O2/c14-12-7-6-11(17(18)19)13(16-12)15-9-8-10-4-2-1-3-5-10/h1-9H,(H,15,16). The molecule has 0 aliphatic rings. The van der Waals surface area contributed by atoms with Crippen LogP contribution in [0, 0.1) is 10.1 Å². The first-order chi connectivity index (χ1) is 9.16. The Morgan fingerprint density at radius 1 is 1.21 bits per heavy atom. The van der Waals surface area contributed by atoms with Crippen molar-refractivity contribution in [2.24, 2.45) is 0 Å². The van der Waals surface area contributed by atoms with E-state index in [4.69, 9.17) is 11.6 Å². The van der Waals surface area contributed by atoms with Crippen LogP contribution >= 0.6 is 11.6 Å². The summed E-state index contributed by atoms with van der Waals surface area (Å²) in [5.74, 6) is 0.115. The molecule has 1 N–H and O–H groups in total. The van der Waals surface area contributed by atoms with Crippen molar-refractivity contribution in [3.8, 4) is 0 Å². The summed E-state index contributed by atoms with van der Waals surface area (Å²) in [6.07, 6.45) is 3.37. The van der Waals surface area contributed by atoms with Crippen molar-refractivity contribution in [2.75, 3.05) is 5.32 Å². The van der Waals surface area contributed by atoms with Crippen LogP contribution in [0.2, 0.25) is 5.15 Å². The van der Waals surface area contributed by atoms with Gasteiger partial charge >= 0.3 is 5.69 Å². The maximum absolute atomic E-state index is 10.8. The molecular weight excluding hydrogens is 266 g/mol. The van der Waals surface area contributed by atoms with Crippen LogP contribution in [-0.2, 0) is 0 Å². The van der Waals surface area contributed by atoms with Crippen LogP contribution in [0.4, 0.5) is 11.5 Å². The smallest absolute Gasteiger partial charge is 0.311 e. The fourth-order valence-corrected chi connectivity index (χ4v) is 1.61. The monoisotopic (exact) mass is 275 g/mol. The molecule has 0 radical (unpaired) electrons. The molecule has 0 amide bonds. The van der Waals surface area contributed by atoms with E-state index >= 15 is 0 Å². The Balaban J connectivity index is 2.17. The quantitative estimate of drug-likeness (QED) is 0.524. The van der Waals surface area contributed by atoms with Crippen molar-refractivity contribution in [1.82, 2.24) is 4.98 Å².